The minimum atomic E-state index is 0.0450. The predicted octanol–water partition coefficient (Wildman–Crippen LogP) is 3.45. The first-order valence-electron chi connectivity index (χ1n) is 6.36. The summed E-state index contributed by atoms with van der Waals surface area (Å²) in [6.45, 7) is 1.64. The van der Waals surface area contributed by atoms with Gasteiger partial charge in [0.15, 0.2) is 6.29 Å². The molecule has 1 atom stereocenters. The zero-order valence-electron chi connectivity index (χ0n) is 10.1. The maximum atomic E-state index is 5.69. The van der Waals surface area contributed by atoms with E-state index in [0.29, 0.717) is 0 Å². The molecule has 1 heterocycles. The van der Waals surface area contributed by atoms with Crippen LogP contribution in [0.3, 0.4) is 0 Å². The molecule has 3 heteroatoms. The van der Waals surface area contributed by atoms with E-state index in [2.05, 4.69) is 24.8 Å². The number of hydrogen-bond donors (Lipinski definition) is 1. The van der Waals surface area contributed by atoms with Crippen LogP contribution in [0.25, 0.3) is 0 Å². The molecule has 1 unspecified atom stereocenters. The molecular formula is C14H20O2S. The average Bonchev–Trinajstić information content (AvgIpc) is 2.38. The number of rotatable bonds is 5. The van der Waals surface area contributed by atoms with Crippen LogP contribution in [0.1, 0.15) is 31.2 Å². The number of hydrogen-bond acceptors (Lipinski definition) is 3. The summed E-state index contributed by atoms with van der Waals surface area (Å²) >= 11 is 4.27. The van der Waals surface area contributed by atoms with E-state index in [1.807, 2.05) is 12.1 Å². The zero-order valence-corrected chi connectivity index (χ0v) is 11.0. The highest BCUT2D eigenvalue weighted by Crippen LogP contribution is 2.14. The third-order valence-corrected chi connectivity index (χ3v) is 3.29. The maximum absolute atomic E-state index is 5.69. The zero-order chi connectivity index (χ0) is 11.9. The number of aryl methyl sites for hydroxylation is 1. The highest BCUT2D eigenvalue weighted by atomic mass is 32.1. The lowest BCUT2D eigenvalue weighted by Crippen LogP contribution is -2.22. The molecule has 1 saturated heterocycles. The molecule has 1 aliphatic heterocycles. The van der Waals surface area contributed by atoms with E-state index in [4.69, 9.17) is 9.47 Å². The first-order valence-corrected chi connectivity index (χ1v) is 6.80. The third-order valence-electron chi connectivity index (χ3n) is 2.99. The lowest BCUT2D eigenvalue weighted by Gasteiger charge is -2.22. The summed E-state index contributed by atoms with van der Waals surface area (Å²) in [5.41, 5.74) is 1.34. The Morgan fingerprint density at radius 2 is 2.06 bits per heavy atom. The van der Waals surface area contributed by atoms with Crippen molar-refractivity contribution in [2.24, 2.45) is 0 Å². The molecule has 2 nitrogen and oxygen atoms in total. The van der Waals surface area contributed by atoms with Gasteiger partial charge >= 0.3 is 0 Å². The van der Waals surface area contributed by atoms with Gasteiger partial charge < -0.3 is 9.47 Å². The molecule has 94 valence electrons. The lowest BCUT2D eigenvalue weighted by atomic mass is 10.1. The second-order valence-corrected chi connectivity index (χ2v) is 4.95. The summed E-state index contributed by atoms with van der Waals surface area (Å²) in [6, 6.07) is 8.31. The van der Waals surface area contributed by atoms with Gasteiger partial charge in [-0.15, -0.1) is 12.6 Å². The van der Waals surface area contributed by atoms with Gasteiger partial charge in [-0.25, -0.2) is 0 Å². The van der Waals surface area contributed by atoms with E-state index < -0.39 is 0 Å². The molecule has 0 N–H and O–H groups in total. The summed E-state index contributed by atoms with van der Waals surface area (Å²) in [4.78, 5) is 1.01. The monoisotopic (exact) mass is 252 g/mol. The summed E-state index contributed by atoms with van der Waals surface area (Å²) < 4.78 is 11.2. The van der Waals surface area contributed by atoms with E-state index >= 15 is 0 Å². The van der Waals surface area contributed by atoms with E-state index in [1.165, 1.54) is 18.4 Å². The molecule has 2 rings (SSSR count). The molecule has 0 spiro atoms. The minimum absolute atomic E-state index is 0.0450. The van der Waals surface area contributed by atoms with E-state index in [0.717, 1.165) is 37.4 Å². The Balaban J connectivity index is 1.60. The Kier molecular flexibility index (Phi) is 5.36. The normalized spacial score (nSPS) is 20.4. The molecule has 0 aromatic heterocycles. The smallest absolute Gasteiger partial charge is 0.157 e. The van der Waals surface area contributed by atoms with Crippen LogP contribution in [0.15, 0.2) is 29.2 Å². The highest BCUT2D eigenvalue weighted by molar-refractivity contribution is 7.80. The Morgan fingerprint density at radius 3 is 2.76 bits per heavy atom. The fourth-order valence-corrected chi connectivity index (χ4v) is 2.15. The largest absolute Gasteiger partial charge is 0.353 e. The van der Waals surface area contributed by atoms with Crippen LogP contribution in [0.2, 0.25) is 0 Å². The average molecular weight is 252 g/mol. The van der Waals surface area contributed by atoms with Gasteiger partial charge in [0.1, 0.15) is 0 Å². The molecular weight excluding hydrogens is 232 g/mol. The van der Waals surface area contributed by atoms with Crippen molar-refractivity contribution in [3.8, 4) is 0 Å². The van der Waals surface area contributed by atoms with Crippen molar-refractivity contribution < 1.29 is 9.47 Å². The molecule has 1 fully saturated rings. The predicted molar refractivity (Wildman–Crippen MR) is 71.6 cm³/mol. The van der Waals surface area contributed by atoms with Crippen LogP contribution in [-0.4, -0.2) is 19.5 Å². The number of thiol groups is 1. The Labute approximate surface area is 109 Å². The fourth-order valence-electron chi connectivity index (χ4n) is 2.00. The van der Waals surface area contributed by atoms with Gasteiger partial charge in [-0.3, -0.25) is 0 Å². The summed E-state index contributed by atoms with van der Waals surface area (Å²) in [5, 5.41) is 0. The summed E-state index contributed by atoms with van der Waals surface area (Å²) in [7, 11) is 0. The van der Waals surface area contributed by atoms with Gasteiger partial charge in [-0.1, -0.05) is 12.1 Å². The second kappa shape index (κ2) is 7.04. The van der Waals surface area contributed by atoms with Crippen LogP contribution in [0.4, 0.5) is 0 Å². The van der Waals surface area contributed by atoms with Gasteiger partial charge in [-0.2, -0.15) is 0 Å². The van der Waals surface area contributed by atoms with Crippen molar-refractivity contribution in [1.82, 2.24) is 0 Å². The van der Waals surface area contributed by atoms with Crippen LogP contribution >= 0.6 is 12.6 Å². The molecule has 0 bridgehead atoms. The van der Waals surface area contributed by atoms with Gasteiger partial charge in [-0.05, 0) is 49.8 Å². The van der Waals surface area contributed by atoms with Crippen molar-refractivity contribution in [2.45, 2.75) is 43.3 Å². The molecule has 1 aromatic carbocycles. The topological polar surface area (TPSA) is 18.5 Å². The van der Waals surface area contributed by atoms with Crippen molar-refractivity contribution in [2.75, 3.05) is 13.2 Å². The highest BCUT2D eigenvalue weighted by Gasteiger charge is 2.13. The molecule has 0 saturated carbocycles. The third kappa shape index (κ3) is 4.70. The summed E-state index contributed by atoms with van der Waals surface area (Å²) in [6.07, 6.45) is 5.61. The van der Waals surface area contributed by atoms with Crippen LogP contribution in [0, 0.1) is 0 Å². The molecule has 1 aliphatic rings. The van der Waals surface area contributed by atoms with Crippen LogP contribution in [-0.2, 0) is 15.9 Å². The Morgan fingerprint density at radius 1 is 1.24 bits per heavy atom. The van der Waals surface area contributed by atoms with Gasteiger partial charge in [0.05, 0.1) is 6.61 Å². The molecule has 1 aromatic rings. The van der Waals surface area contributed by atoms with Crippen molar-refractivity contribution >= 4 is 12.6 Å². The number of benzene rings is 1. The first kappa shape index (κ1) is 12.9. The van der Waals surface area contributed by atoms with Gasteiger partial charge in [0, 0.05) is 11.5 Å². The SMILES string of the molecule is Sc1ccc(CCCOC2CCCCO2)cc1. The standard InChI is InChI=1S/C14H20O2S/c17-13-8-6-12(7-9-13)4-3-11-16-14-5-1-2-10-15-14/h6-9,14,17H,1-5,10-11H2. The Bertz CT molecular complexity index is 317. The Hall–Kier alpha value is -0.510. The molecule has 0 radical (unpaired) electrons. The lowest BCUT2D eigenvalue weighted by molar-refractivity contribution is -0.162. The van der Waals surface area contributed by atoms with E-state index in [-0.39, 0.29) is 6.29 Å². The van der Waals surface area contributed by atoms with E-state index in [9.17, 15) is 0 Å². The van der Waals surface area contributed by atoms with Crippen molar-refractivity contribution in [3.63, 3.8) is 0 Å². The maximum Gasteiger partial charge on any atom is 0.157 e. The summed E-state index contributed by atoms with van der Waals surface area (Å²) in [5.74, 6) is 0. The number of ether oxygens (including phenoxy) is 2. The van der Waals surface area contributed by atoms with Gasteiger partial charge in [0.25, 0.3) is 0 Å². The van der Waals surface area contributed by atoms with Crippen LogP contribution < -0.4 is 0 Å². The van der Waals surface area contributed by atoms with E-state index in [1.54, 1.807) is 0 Å². The minimum Gasteiger partial charge on any atom is -0.353 e. The first-order chi connectivity index (χ1) is 8.34. The second-order valence-electron chi connectivity index (χ2n) is 4.44. The van der Waals surface area contributed by atoms with Crippen molar-refractivity contribution in [3.05, 3.63) is 29.8 Å². The molecule has 17 heavy (non-hydrogen) atoms. The van der Waals surface area contributed by atoms with Crippen molar-refractivity contribution in [1.29, 1.82) is 0 Å². The molecule has 0 amide bonds. The van der Waals surface area contributed by atoms with Gasteiger partial charge in [0.2, 0.25) is 0 Å². The molecule has 0 aliphatic carbocycles. The fraction of sp³-hybridized carbons (Fsp3) is 0.571. The quantitative estimate of drug-likeness (QED) is 0.639. The van der Waals surface area contributed by atoms with Crippen LogP contribution in [0.5, 0.6) is 0 Å².